The summed E-state index contributed by atoms with van der Waals surface area (Å²) in [5.41, 5.74) is 0.754. The molecule has 0 spiro atoms. The van der Waals surface area contributed by atoms with Crippen LogP contribution >= 0.6 is 11.6 Å². The molecule has 0 aromatic heterocycles. The van der Waals surface area contributed by atoms with Crippen molar-refractivity contribution in [2.45, 2.75) is 26.0 Å². The quantitative estimate of drug-likeness (QED) is 0.787. The van der Waals surface area contributed by atoms with Gasteiger partial charge in [0, 0.05) is 11.6 Å². The van der Waals surface area contributed by atoms with E-state index in [1.54, 1.807) is 24.3 Å². The first-order chi connectivity index (χ1) is 8.95. The van der Waals surface area contributed by atoms with E-state index in [1.807, 2.05) is 13.8 Å². The number of hydrogen-bond acceptors (Lipinski definition) is 4. The number of carbonyl (C=O) groups excluding carboxylic acids is 1. The molecule has 0 amide bonds. The Morgan fingerprint density at radius 1 is 1.37 bits per heavy atom. The molecule has 0 saturated carbocycles. The van der Waals surface area contributed by atoms with E-state index in [9.17, 15) is 9.90 Å². The van der Waals surface area contributed by atoms with Gasteiger partial charge in [-0.1, -0.05) is 37.6 Å². The van der Waals surface area contributed by atoms with Crippen LogP contribution in [0.3, 0.4) is 0 Å². The third-order valence-corrected chi connectivity index (χ3v) is 3.16. The molecular weight excluding hydrogens is 266 g/mol. The highest BCUT2D eigenvalue weighted by molar-refractivity contribution is 6.30. The van der Waals surface area contributed by atoms with E-state index in [2.05, 4.69) is 5.32 Å². The molecule has 1 rings (SSSR count). The molecule has 2 N–H and O–H groups in total. The molecule has 19 heavy (non-hydrogen) atoms. The van der Waals surface area contributed by atoms with Crippen LogP contribution in [0, 0.1) is 5.92 Å². The number of carbonyl (C=O) groups is 1. The van der Waals surface area contributed by atoms with Gasteiger partial charge >= 0.3 is 5.97 Å². The molecule has 4 nitrogen and oxygen atoms in total. The Bertz CT molecular complexity index is 406. The van der Waals surface area contributed by atoms with Gasteiger partial charge in [0.25, 0.3) is 0 Å². The van der Waals surface area contributed by atoms with Gasteiger partial charge in [0.05, 0.1) is 13.2 Å². The molecule has 0 aliphatic rings. The average Bonchev–Trinajstić information content (AvgIpc) is 2.38. The molecule has 0 aliphatic carbocycles. The van der Waals surface area contributed by atoms with Crippen LogP contribution in [0.4, 0.5) is 0 Å². The SMILES string of the molecule is COC(=O)C(NCC(O)c1ccc(Cl)cc1)C(C)C. The number of esters is 1. The second kappa shape index (κ2) is 7.48. The fraction of sp³-hybridized carbons (Fsp3) is 0.500. The highest BCUT2D eigenvalue weighted by Crippen LogP contribution is 2.16. The first-order valence-corrected chi connectivity index (χ1v) is 6.58. The highest BCUT2D eigenvalue weighted by Gasteiger charge is 2.23. The van der Waals surface area contributed by atoms with Gasteiger partial charge in [0.15, 0.2) is 0 Å². The van der Waals surface area contributed by atoms with E-state index in [4.69, 9.17) is 16.3 Å². The third-order valence-electron chi connectivity index (χ3n) is 2.91. The Kier molecular flexibility index (Phi) is 6.28. The zero-order chi connectivity index (χ0) is 14.4. The van der Waals surface area contributed by atoms with E-state index in [-0.39, 0.29) is 18.4 Å². The van der Waals surface area contributed by atoms with E-state index in [0.29, 0.717) is 5.02 Å². The smallest absolute Gasteiger partial charge is 0.323 e. The van der Waals surface area contributed by atoms with Gasteiger partial charge in [0.2, 0.25) is 0 Å². The predicted octanol–water partition coefficient (Wildman–Crippen LogP) is 2.16. The summed E-state index contributed by atoms with van der Waals surface area (Å²) >= 11 is 5.79. The Labute approximate surface area is 118 Å². The van der Waals surface area contributed by atoms with Crippen LogP contribution in [-0.4, -0.2) is 30.8 Å². The lowest BCUT2D eigenvalue weighted by molar-refractivity contribution is -0.144. The molecule has 5 heteroatoms. The first kappa shape index (κ1) is 16.0. The number of methoxy groups -OCH3 is 1. The molecule has 0 fully saturated rings. The van der Waals surface area contributed by atoms with Crippen molar-refractivity contribution in [1.29, 1.82) is 0 Å². The van der Waals surface area contributed by atoms with Crippen molar-refractivity contribution in [3.05, 3.63) is 34.9 Å². The van der Waals surface area contributed by atoms with E-state index >= 15 is 0 Å². The number of aliphatic hydroxyl groups excluding tert-OH is 1. The lowest BCUT2D eigenvalue weighted by Crippen LogP contribution is -2.43. The maximum absolute atomic E-state index is 11.6. The Morgan fingerprint density at radius 3 is 2.42 bits per heavy atom. The topological polar surface area (TPSA) is 58.6 Å². The molecule has 0 bridgehead atoms. The average molecular weight is 286 g/mol. The summed E-state index contributed by atoms with van der Waals surface area (Å²) in [6.45, 7) is 4.12. The number of rotatable bonds is 6. The fourth-order valence-corrected chi connectivity index (χ4v) is 1.89. The number of benzene rings is 1. The maximum atomic E-state index is 11.6. The summed E-state index contributed by atoms with van der Waals surface area (Å²) in [6.07, 6.45) is -0.692. The van der Waals surface area contributed by atoms with Gasteiger partial charge in [-0.25, -0.2) is 0 Å². The van der Waals surface area contributed by atoms with Crippen LogP contribution in [0.2, 0.25) is 5.02 Å². The number of halogens is 1. The molecule has 1 aromatic carbocycles. The summed E-state index contributed by atoms with van der Waals surface area (Å²) < 4.78 is 4.73. The van der Waals surface area contributed by atoms with Crippen LogP contribution in [0.1, 0.15) is 25.5 Å². The minimum Gasteiger partial charge on any atom is -0.468 e. The summed E-state index contributed by atoms with van der Waals surface area (Å²) in [4.78, 5) is 11.6. The zero-order valence-electron chi connectivity index (χ0n) is 11.4. The lowest BCUT2D eigenvalue weighted by Gasteiger charge is -2.21. The first-order valence-electron chi connectivity index (χ1n) is 6.20. The van der Waals surface area contributed by atoms with Crippen molar-refractivity contribution < 1.29 is 14.6 Å². The molecular formula is C14H20ClNO3. The van der Waals surface area contributed by atoms with Crippen LogP contribution in [0.5, 0.6) is 0 Å². The minimum absolute atomic E-state index is 0.0878. The van der Waals surface area contributed by atoms with Crippen molar-refractivity contribution in [2.24, 2.45) is 5.92 Å². The van der Waals surface area contributed by atoms with Gasteiger partial charge in [0.1, 0.15) is 6.04 Å². The van der Waals surface area contributed by atoms with E-state index < -0.39 is 12.1 Å². The summed E-state index contributed by atoms with van der Waals surface area (Å²) in [5, 5.41) is 13.7. The lowest BCUT2D eigenvalue weighted by atomic mass is 10.0. The van der Waals surface area contributed by atoms with Gasteiger partial charge < -0.3 is 15.2 Å². The van der Waals surface area contributed by atoms with Crippen molar-refractivity contribution in [3.8, 4) is 0 Å². The molecule has 2 unspecified atom stereocenters. The van der Waals surface area contributed by atoms with Crippen molar-refractivity contribution >= 4 is 17.6 Å². The van der Waals surface area contributed by atoms with Crippen LogP contribution in [0.15, 0.2) is 24.3 Å². The molecule has 106 valence electrons. The standard InChI is InChI=1S/C14H20ClNO3/c1-9(2)13(14(18)19-3)16-8-12(17)10-4-6-11(15)7-5-10/h4-7,9,12-13,16-17H,8H2,1-3H3. The molecule has 0 aliphatic heterocycles. The molecule has 0 saturated heterocycles. The fourth-order valence-electron chi connectivity index (χ4n) is 1.76. The Morgan fingerprint density at radius 2 is 1.95 bits per heavy atom. The van der Waals surface area contributed by atoms with E-state index in [0.717, 1.165) is 5.56 Å². The molecule has 2 atom stereocenters. The second-order valence-corrected chi connectivity index (χ2v) is 5.16. The number of hydrogen-bond donors (Lipinski definition) is 2. The minimum atomic E-state index is -0.692. The maximum Gasteiger partial charge on any atom is 0.323 e. The third kappa shape index (κ3) is 4.82. The van der Waals surface area contributed by atoms with Crippen LogP contribution in [0.25, 0.3) is 0 Å². The zero-order valence-corrected chi connectivity index (χ0v) is 12.1. The van der Waals surface area contributed by atoms with Crippen LogP contribution < -0.4 is 5.32 Å². The van der Waals surface area contributed by atoms with E-state index in [1.165, 1.54) is 7.11 Å². The number of aliphatic hydroxyl groups is 1. The van der Waals surface area contributed by atoms with Gasteiger partial charge in [-0.2, -0.15) is 0 Å². The van der Waals surface area contributed by atoms with Crippen molar-refractivity contribution in [2.75, 3.05) is 13.7 Å². The highest BCUT2D eigenvalue weighted by atomic mass is 35.5. The summed E-state index contributed by atoms with van der Waals surface area (Å²) in [5.74, 6) is -0.233. The Hall–Kier alpha value is -1.10. The Balaban J connectivity index is 2.59. The van der Waals surface area contributed by atoms with Crippen molar-refractivity contribution in [3.63, 3.8) is 0 Å². The summed E-state index contributed by atoms with van der Waals surface area (Å²) in [6, 6.07) is 6.54. The number of nitrogens with one attached hydrogen (secondary N) is 1. The largest absolute Gasteiger partial charge is 0.468 e. The molecule has 1 aromatic rings. The molecule has 0 radical (unpaired) electrons. The van der Waals surface area contributed by atoms with Gasteiger partial charge in [-0.15, -0.1) is 0 Å². The number of ether oxygens (including phenoxy) is 1. The van der Waals surface area contributed by atoms with Crippen molar-refractivity contribution in [1.82, 2.24) is 5.32 Å². The second-order valence-electron chi connectivity index (χ2n) is 4.72. The van der Waals surface area contributed by atoms with Crippen LogP contribution in [-0.2, 0) is 9.53 Å². The molecule has 0 heterocycles. The predicted molar refractivity (Wildman–Crippen MR) is 75.1 cm³/mol. The normalized spacial score (nSPS) is 14.2. The summed E-state index contributed by atoms with van der Waals surface area (Å²) in [7, 11) is 1.36. The van der Waals surface area contributed by atoms with Gasteiger partial charge in [-0.05, 0) is 23.6 Å². The monoisotopic (exact) mass is 285 g/mol. The van der Waals surface area contributed by atoms with Gasteiger partial charge in [-0.3, -0.25) is 4.79 Å².